The lowest BCUT2D eigenvalue weighted by Crippen LogP contribution is -2.17. The molecule has 0 atom stereocenters. The molecule has 0 aliphatic carbocycles. The Morgan fingerprint density at radius 2 is 0.969 bits per heavy atom. The van der Waals surface area contributed by atoms with E-state index in [0.717, 1.165) is 30.5 Å². The van der Waals surface area contributed by atoms with Gasteiger partial charge in [0.25, 0.3) is 0 Å². The van der Waals surface area contributed by atoms with E-state index in [0.29, 0.717) is 6.61 Å². The summed E-state index contributed by atoms with van der Waals surface area (Å²) in [5.74, 6) is 1.65. The third kappa shape index (κ3) is 11.3. The zero-order valence-corrected chi connectivity index (χ0v) is 21.2. The summed E-state index contributed by atoms with van der Waals surface area (Å²) in [6.45, 7) is 5.20. The van der Waals surface area contributed by atoms with Crippen molar-refractivity contribution in [3.63, 3.8) is 0 Å². The van der Waals surface area contributed by atoms with E-state index in [2.05, 4.69) is 13.8 Å². The first kappa shape index (κ1) is 26.7. The molecule has 0 fully saturated rings. The molecule has 2 rings (SSSR count). The Morgan fingerprint density at radius 3 is 1.47 bits per heavy atom. The van der Waals surface area contributed by atoms with Crippen molar-refractivity contribution in [3.8, 4) is 11.5 Å². The molecule has 0 bridgehead atoms. The van der Waals surface area contributed by atoms with Gasteiger partial charge in [-0.1, -0.05) is 108 Å². The second-order valence-electron chi connectivity index (χ2n) is 8.51. The number of hydrogen-bond acceptors (Lipinski definition) is 3. The van der Waals surface area contributed by atoms with Gasteiger partial charge in [0.05, 0.1) is 6.61 Å². The second-order valence-corrected chi connectivity index (χ2v) is 10.8. The standard InChI is InChI=1S/C28H44O3P/c1-3-5-7-9-11-19-25-29-32(26-20-12-10-8-6-4-2,30-27-21-15-13-16-22-27)31-28-23-17-14-18-24-28/h13-18,21-24H,3-12,19-20,25-26H2,1-2H3/q+1. The van der Waals surface area contributed by atoms with Crippen molar-refractivity contribution < 1.29 is 13.6 Å². The fourth-order valence-corrected chi connectivity index (χ4v) is 6.04. The zero-order chi connectivity index (χ0) is 22.7. The molecule has 32 heavy (non-hydrogen) atoms. The predicted octanol–water partition coefficient (Wildman–Crippen LogP) is 9.64. The summed E-state index contributed by atoms with van der Waals surface area (Å²) in [5, 5.41) is 0. The normalized spacial score (nSPS) is 11.4. The van der Waals surface area contributed by atoms with Gasteiger partial charge >= 0.3 is 7.94 Å². The smallest absolute Gasteiger partial charge is 0.278 e. The molecule has 0 amide bonds. The van der Waals surface area contributed by atoms with Gasteiger partial charge in [0.15, 0.2) is 17.7 Å². The van der Waals surface area contributed by atoms with E-state index in [1.54, 1.807) is 0 Å². The van der Waals surface area contributed by atoms with Gasteiger partial charge in [-0.2, -0.15) is 4.52 Å². The molecular weight excluding hydrogens is 415 g/mol. The monoisotopic (exact) mass is 459 g/mol. The van der Waals surface area contributed by atoms with Crippen LogP contribution < -0.4 is 9.05 Å². The highest BCUT2D eigenvalue weighted by Crippen LogP contribution is 2.61. The van der Waals surface area contributed by atoms with Crippen LogP contribution in [-0.4, -0.2) is 12.8 Å². The molecule has 0 aromatic heterocycles. The highest BCUT2D eigenvalue weighted by atomic mass is 31.2. The minimum Gasteiger partial charge on any atom is -0.278 e. The van der Waals surface area contributed by atoms with E-state index in [1.807, 2.05) is 60.7 Å². The highest BCUT2D eigenvalue weighted by Gasteiger charge is 2.47. The van der Waals surface area contributed by atoms with Crippen LogP contribution in [-0.2, 0) is 4.52 Å². The molecule has 0 N–H and O–H groups in total. The Morgan fingerprint density at radius 1 is 0.531 bits per heavy atom. The summed E-state index contributed by atoms with van der Waals surface area (Å²) in [7, 11) is -2.56. The topological polar surface area (TPSA) is 27.7 Å². The number of para-hydroxylation sites is 2. The molecule has 0 unspecified atom stereocenters. The van der Waals surface area contributed by atoms with Crippen LogP contribution in [0.2, 0.25) is 0 Å². The molecule has 0 aliphatic rings. The van der Waals surface area contributed by atoms with Crippen molar-refractivity contribution in [2.24, 2.45) is 0 Å². The van der Waals surface area contributed by atoms with E-state index in [9.17, 15) is 0 Å². The molecule has 3 nitrogen and oxygen atoms in total. The number of benzene rings is 2. The molecule has 0 saturated heterocycles. The van der Waals surface area contributed by atoms with E-state index in [-0.39, 0.29) is 0 Å². The number of rotatable bonds is 19. The van der Waals surface area contributed by atoms with Crippen LogP contribution in [0, 0.1) is 0 Å². The minimum atomic E-state index is -2.56. The maximum absolute atomic E-state index is 6.55. The van der Waals surface area contributed by atoms with Crippen LogP contribution in [0.15, 0.2) is 60.7 Å². The quantitative estimate of drug-likeness (QED) is 0.155. The van der Waals surface area contributed by atoms with Crippen molar-refractivity contribution in [3.05, 3.63) is 60.7 Å². The van der Waals surface area contributed by atoms with E-state index >= 15 is 0 Å². The van der Waals surface area contributed by atoms with Crippen molar-refractivity contribution in [1.29, 1.82) is 0 Å². The minimum absolute atomic E-state index is 0.690. The van der Waals surface area contributed by atoms with Gasteiger partial charge in [-0.3, -0.25) is 9.05 Å². The Hall–Kier alpha value is -1.57. The van der Waals surface area contributed by atoms with E-state index < -0.39 is 7.94 Å². The lowest BCUT2D eigenvalue weighted by Gasteiger charge is -2.23. The molecule has 178 valence electrons. The highest BCUT2D eigenvalue weighted by molar-refractivity contribution is 7.62. The molecule has 0 radical (unpaired) electrons. The summed E-state index contributed by atoms with van der Waals surface area (Å²) < 4.78 is 19.6. The van der Waals surface area contributed by atoms with Crippen molar-refractivity contribution >= 4 is 7.94 Å². The van der Waals surface area contributed by atoms with Crippen molar-refractivity contribution in [2.75, 3.05) is 12.8 Å². The van der Waals surface area contributed by atoms with Crippen molar-refractivity contribution in [2.45, 2.75) is 90.9 Å². The fraction of sp³-hybridized carbons (Fsp3) is 0.571. The van der Waals surface area contributed by atoms with Crippen LogP contribution in [0.3, 0.4) is 0 Å². The molecule has 0 spiro atoms. The van der Waals surface area contributed by atoms with Crippen LogP contribution in [0.1, 0.15) is 90.9 Å². The summed E-state index contributed by atoms with van der Waals surface area (Å²) in [6, 6.07) is 20.0. The third-order valence-corrected chi connectivity index (χ3v) is 7.96. The second kappa shape index (κ2) is 17.0. The Balaban J connectivity index is 2.05. The molecular formula is C28H44O3P+. The molecule has 4 heteroatoms. The molecule has 2 aromatic rings. The van der Waals surface area contributed by atoms with Gasteiger partial charge in [0.1, 0.15) is 0 Å². The van der Waals surface area contributed by atoms with Crippen molar-refractivity contribution in [1.82, 2.24) is 0 Å². The van der Waals surface area contributed by atoms with Crippen LogP contribution in [0.5, 0.6) is 11.5 Å². The zero-order valence-electron chi connectivity index (χ0n) is 20.3. The van der Waals surface area contributed by atoms with Crippen LogP contribution in [0.4, 0.5) is 0 Å². The van der Waals surface area contributed by atoms with Gasteiger partial charge in [0.2, 0.25) is 0 Å². The predicted molar refractivity (Wildman–Crippen MR) is 139 cm³/mol. The maximum atomic E-state index is 6.55. The SMILES string of the molecule is CCCCCCCCO[P+](CCCCCCCC)(Oc1ccccc1)Oc1ccccc1. The molecule has 0 heterocycles. The van der Waals surface area contributed by atoms with Gasteiger partial charge in [-0.25, -0.2) is 0 Å². The third-order valence-electron chi connectivity index (χ3n) is 5.55. The summed E-state index contributed by atoms with van der Waals surface area (Å²) in [5.41, 5.74) is 0. The van der Waals surface area contributed by atoms with Gasteiger partial charge in [-0.05, 0) is 43.5 Å². The summed E-state index contributed by atoms with van der Waals surface area (Å²) in [4.78, 5) is 0. The average molecular weight is 460 g/mol. The lowest BCUT2D eigenvalue weighted by atomic mass is 10.1. The first-order chi connectivity index (χ1) is 15.8. The summed E-state index contributed by atoms with van der Waals surface area (Å²) >= 11 is 0. The van der Waals surface area contributed by atoms with Gasteiger partial charge in [-0.15, -0.1) is 0 Å². The molecule has 2 aromatic carbocycles. The largest absolute Gasteiger partial charge is 0.497 e. The Bertz CT molecular complexity index is 636. The summed E-state index contributed by atoms with van der Waals surface area (Å²) in [6.07, 6.45) is 15.7. The number of unbranched alkanes of at least 4 members (excludes halogenated alkanes) is 10. The van der Waals surface area contributed by atoms with Crippen LogP contribution >= 0.6 is 7.94 Å². The Labute approximate surface area is 197 Å². The van der Waals surface area contributed by atoms with Gasteiger partial charge < -0.3 is 0 Å². The molecule has 0 saturated carbocycles. The first-order valence-electron chi connectivity index (χ1n) is 12.8. The van der Waals surface area contributed by atoms with E-state index in [1.165, 1.54) is 64.2 Å². The maximum Gasteiger partial charge on any atom is 0.497 e. The Kier molecular flexibility index (Phi) is 14.2. The first-order valence-corrected chi connectivity index (χ1v) is 14.5. The van der Waals surface area contributed by atoms with Crippen LogP contribution in [0.25, 0.3) is 0 Å². The van der Waals surface area contributed by atoms with E-state index in [4.69, 9.17) is 13.6 Å². The average Bonchev–Trinajstić information content (AvgIpc) is 2.82. The molecule has 0 aliphatic heterocycles. The fourth-order valence-electron chi connectivity index (χ4n) is 3.68. The van der Waals surface area contributed by atoms with Gasteiger partial charge in [0, 0.05) is 0 Å². The number of hydrogen-bond donors (Lipinski definition) is 0. The lowest BCUT2D eigenvalue weighted by molar-refractivity contribution is 0.234.